The van der Waals surface area contributed by atoms with E-state index in [9.17, 15) is 9.90 Å². The highest BCUT2D eigenvalue weighted by Crippen LogP contribution is 2.19. The largest absolute Gasteiger partial charge is 0.389 e. The molecule has 0 atom stereocenters. The number of rotatable bonds is 5. The first-order valence-corrected chi connectivity index (χ1v) is 8.28. The lowest BCUT2D eigenvalue weighted by atomic mass is 10.1. The molecule has 2 rings (SSSR count). The number of anilines is 1. The molecule has 128 valence electrons. The van der Waals surface area contributed by atoms with Crippen molar-refractivity contribution in [3.05, 3.63) is 29.3 Å². The molecule has 1 saturated heterocycles. The molecule has 1 aromatic rings. The molecule has 0 aromatic heterocycles. The van der Waals surface area contributed by atoms with Gasteiger partial charge in [-0.2, -0.15) is 0 Å². The molecule has 0 saturated carbocycles. The molecule has 2 N–H and O–H groups in total. The smallest absolute Gasteiger partial charge is 0.238 e. The van der Waals surface area contributed by atoms with Crippen LogP contribution in [0.3, 0.4) is 0 Å². The first kappa shape index (κ1) is 17.9. The second-order valence-electron chi connectivity index (χ2n) is 7.18. The van der Waals surface area contributed by atoms with E-state index in [1.807, 2.05) is 45.9 Å². The highest BCUT2D eigenvalue weighted by Gasteiger charge is 2.23. The van der Waals surface area contributed by atoms with Crippen LogP contribution in [0.15, 0.2) is 18.2 Å². The molecule has 0 bridgehead atoms. The van der Waals surface area contributed by atoms with Gasteiger partial charge in [-0.25, -0.2) is 0 Å². The fraction of sp³-hybridized carbons (Fsp3) is 0.611. The number of nitrogens with one attached hydrogen (secondary N) is 1. The number of amides is 1. The Kier molecular flexibility index (Phi) is 5.79. The Morgan fingerprint density at radius 1 is 1.13 bits per heavy atom. The first-order chi connectivity index (χ1) is 10.7. The van der Waals surface area contributed by atoms with Crippen LogP contribution in [-0.2, 0) is 4.79 Å². The Balaban J connectivity index is 1.81. The number of piperazine rings is 1. The summed E-state index contributed by atoms with van der Waals surface area (Å²) in [6.45, 7) is 12.3. The standard InChI is InChI=1S/C18H29N3O2/c1-14-6-5-7-15(2)17(14)19-16(22)12-20-8-10-21(11-9-20)13-18(3,4)23/h5-7,23H,8-13H2,1-4H3,(H,19,22). The maximum atomic E-state index is 12.3. The number of carbonyl (C=O) groups excluding carboxylic acids is 1. The van der Waals surface area contributed by atoms with Crippen molar-refractivity contribution in [1.82, 2.24) is 9.80 Å². The van der Waals surface area contributed by atoms with Gasteiger partial charge in [-0.1, -0.05) is 18.2 Å². The fourth-order valence-electron chi connectivity index (χ4n) is 3.05. The van der Waals surface area contributed by atoms with E-state index in [0.717, 1.165) is 43.0 Å². The van der Waals surface area contributed by atoms with Crippen LogP contribution in [0.25, 0.3) is 0 Å². The summed E-state index contributed by atoms with van der Waals surface area (Å²) in [5.74, 6) is 0.0401. The summed E-state index contributed by atoms with van der Waals surface area (Å²) in [5.41, 5.74) is 2.45. The minimum absolute atomic E-state index is 0.0401. The van der Waals surface area contributed by atoms with Gasteiger partial charge in [-0.05, 0) is 38.8 Å². The van der Waals surface area contributed by atoms with E-state index < -0.39 is 5.60 Å². The lowest BCUT2D eigenvalue weighted by molar-refractivity contribution is -0.117. The zero-order chi connectivity index (χ0) is 17.0. The molecule has 0 radical (unpaired) electrons. The molecule has 0 spiro atoms. The van der Waals surface area contributed by atoms with Gasteiger partial charge in [-0.15, -0.1) is 0 Å². The van der Waals surface area contributed by atoms with Gasteiger partial charge in [0.25, 0.3) is 0 Å². The zero-order valence-corrected chi connectivity index (χ0v) is 14.7. The third-order valence-corrected chi connectivity index (χ3v) is 4.19. The second-order valence-corrected chi connectivity index (χ2v) is 7.18. The van der Waals surface area contributed by atoms with E-state index in [-0.39, 0.29) is 5.91 Å². The first-order valence-electron chi connectivity index (χ1n) is 8.28. The molecule has 5 nitrogen and oxygen atoms in total. The number of para-hydroxylation sites is 1. The van der Waals surface area contributed by atoms with Gasteiger partial charge in [0.15, 0.2) is 0 Å². The summed E-state index contributed by atoms with van der Waals surface area (Å²) in [6.07, 6.45) is 0. The van der Waals surface area contributed by atoms with Crippen LogP contribution in [0.4, 0.5) is 5.69 Å². The van der Waals surface area contributed by atoms with Gasteiger partial charge in [0.05, 0.1) is 12.1 Å². The highest BCUT2D eigenvalue weighted by atomic mass is 16.3. The van der Waals surface area contributed by atoms with Gasteiger partial charge >= 0.3 is 0 Å². The summed E-state index contributed by atoms with van der Waals surface area (Å²) in [6, 6.07) is 6.03. The number of hydrogen-bond acceptors (Lipinski definition) is 4. The molecule has 5 heteroatoms. The quantitative estimate of drug-likeness (QED) is 0.866. The molecular formula is C18H29N3O2. The monoisotopic (exact) mass is 319 g/mol. The molecular weight excluding hydrogens is 290 g/mol. The van der Waals surface area contributed by atoms with E-state index in [4.69, 9.17) is 0 Å². The van der Waals surface area contributed by atoms with Gasteiger partial charge in [-0.3, -0.25) is 14.6 Å². The Bertz CT molecular complexity index is 523. The van der Waals surface area contributed by atoms with Crippen molar-refractivity contribution >= 4 is 11.6 Å². The van der Waals surface area contributed by atoms with Crippen molar-refractivity contribution in [1.29, 1.82) is 0 Å². The molecule has 0 aliphatic carbocycles. The molecule has 1 aliphatic rings. The van der Waals surface area contributed by atoms with Crippen LogP contribution in [0.1, 0.15) is 25.0 Å². The molecule has 1 amide bonds. The third kappa shape index (κ3) is 5.61. The minimum Gasteiger partial charge on any atom is -0.389 e. The van der Waals surface area contributed by atoms with E-state index in [0.29, 0.717) is 13.1 Å². The summed E-state index contributed by atoms with van der Waals surface area (Å²) in [7, 11) is 0. The Hall–Kier alpha value is -1.43. The van der Waals surface area contributed by atoms with Crippen molar-refractivity contribution in [2.24, 2.45) is 0 Å². The molecule has 1 heterocycles. The lowest BCUT2D eigenvalue weighted by Gasteiger charge is -2.37. The summed E-state index contributed by atoms with van der Waals surface area (Å²) in [4.78, 5) is 16.7. The van der Waals surface area contributed by atoms with Crippen molar-refractivity contribution in [3.63, 3.8) is 0 Å². The summed E-state index contributed by atoms with van der Waals surface area (Å²) >= 11 is 0. The topological polar surface area (TPSA) is 55.8 Å². The van der Waals surface area contributed by atoms with Gasteiger partial charge < -0.3 is 10.4 Å². The number of benzene rings is 1. The molecule has 1 fully saturated rings. The van der Waals surface area contributed by atoms with Crippen LogP contribution in [0.5, 0.6) is 0 Å². The fourth-order valence-corrected chi connectivity index (χ4v) is 3.05. The number of aliphatic hydroxyl groups is 1. The molecule has 23 heavy (non-hydrogen) atoms. The average Bonchev–Trinajstić information content (AvgIpc) is 2.44. The number of nitrogens with zero attached hydrogens (tertiary/aromatic N) is 2. The number of carbonyl (C=O) groups is 1. The maximum absolute atomic E-state index is 12.3. The predicted octanol–water partition coefficient (Wildman–Crippen LogP) is 1.63. The summed E-state index contributed by atoms with van der Waals surface area (Å²) in [5, 5.41) is 12.9. The Morgan fingerprint density at radius 3 is 2.17 bits per heavy atom. The van der Waals surface area contributed by atoms with Crippen LogP contribution in [-0.4, -0.2) is 65.7 Å². The molecule has 0 unspecified atom stereocenters. The van der Waals surface area contributed by atoms with Crippen LogP contribution in [0, 0.1) is 13.8 Å². The Morgan fingerprint density at radius 2 is 1.65 bits per heavy atom. The van der Waals surface area contributed by atoms with Crippen molar-refractivity contribution in [2.75, 3.05) is 44.6 Å². The van der Waals surface area contributed by atoms with Crippen LogP contribution < -0.4 is 5.32 Å². The lowest BCUT2D eigenvalue weighted by Crippen LogP contribution is -2.51. The van der Waals surface area contributed by atoms with E-state index >= 15 is 0 Å². The van der Waals surface area contributed by atoms with E-state index in [1.54, 1.807) is 0 Å². The van der Waals surface area contributed by atoms with Gasteiger partial charge in [0.2, 0.25) is 5.91 Å². The van der Waals surface area contributed by atoms with Crippen molar-refractivity contribution in [2.45, 2.75) is 33.3 Å². The molecule has 1 aromatic carbocycles. The minimum atomic E-state index is -0.665. The van der Waals surface area contributed by atoms with Gasteiger partial charge in [0, 0.05) is 38.4 Å². The summed E-state index contributed by atoms with van der Waals surface area (Å²) < 4.78 is 0. The maximum Gasteiger partial charge on any atom is 0.238 e. The Labute approximate surface area is 139 Å². The van der Waals surface area contributed by atoms with Gasteiger partial charge in [0.1, 0.15) is 0 Å². The van der Waals surface area contributed by atoms with E-state index in [1.165, 1.54) is 0 Å². The highest BCUT2D eigenvalue weighted by molar-refractivity contribution is 5.93. The van der Waals surface area contributed by atoms with E-state index in [2.05, 4.69) is 15.1 Å². The van der Waals surface area contributed by atoms with Crippen LogP contribution >= 0.6 is 0 Å². The number of hydrogen-bond donors (Lipinski definition) is 2. The van der Waals surface area contributed by atoms with Crippen molar-refractivity contribution < 1.29 is 9.90 Å². The van der Waals surface area contributed by atoms with Crippen LogP contribution in [0.2, 0.25) is 0 Å². The normalized spacial score (nSPS) is 17.3. The number of aryl methyl sites for hydroxylation is 2. The van der Waals surface area contributed by atoms with Crippen molar-refractivity contribution in [3.8, 4) is 0 Å². The average molecular weight is 319 g/mol. The number of β-amino-alcohol motifs (C(OH)–C–C–N with tert-alkyl or cyclic N) is 1. The third-order valence-electron chi connectivity index (χ3n) is 4.19. The predicted molar refractivity (Wildman–Crippen MR) is 93.7 cm³/mol. The SMILES string of the molecule is Cc1cccc(C)c1NC(=O)CN1CCN(CC(C)(C)O)CC1. The zero-order valence-electron chi connectivity index (χ0n) is 14.7. The second kappa shape index (κ2) is 7.43. The molecule has 1 aliphatic heterocycles.